The van der Waals surface area contributed by atoms with Gasteiger partial charge >= 0.3 is 5.97 Å². The first-order valence-corrected chi connectivity index (χ1v) is 13.0. The highest BCUT2D eigenvalue weighted by Gasteiger charge is 2.28. The number of hydrogen-bond acceptors (Lipinski definition) is 7. The lowest BCUT2D eigenvalue weighted by Crippen LogP contribution is -2.23. The second kappa shape index (κ2) is 9.31. The van der Waals surface area contributed by atoms with Crippen LogP contribution in [0.25, 0.3) is 39.0 Å². The highest BCUT2D eigenvalue weighted by atomic mass is 35.5. The standard InChI is InChI=1S/C28H21ClN8O3/c1-16(38)40-36-9-8-18-10-17(2-5-24(18)36)23-14-30-28(32-23)26-7-4-21-11-19(12-27(39)37(21)26)22-13-20(29)3-6-25(22)35-15-31-33-34-35/h2-3,5-6,8-15,26H,4,7H2,1H3,(H,30,32)/t26-/m0/s1. The molecule has 1 atom stereocenters. The van der Waals surface area contributed by atoms with Gasteiger partial charge in [0.25, 0.3) is 5.56 Å². The highest BCUT2D eigenvalue weighted by molar-refractivity contribution is 6.31. The van der Waals surface area contributed by atoms with Gasteiger partial charge < -0.3 is 14.4 Å². The normalized spacial score (nSPS) is 14.5. The summed E-state index contributed by atoms with van der Waals surface area (Å²) < 4.78 is 4.80. The largest absolute Gasteiger partial charge is 0.340 e. The number of pyridine rings is 1. The summed E-state index contributed by atoms with van der Waals surface area (Å²) in [7, 11) is 0. The van der Waals surface area contributed by atoms with Crippen molar-refractivity contribution in [2.24, 2.45) is 0 Å². The van der Waals surface area contributed by atoms with Gasteiger partial charge in [0.15, 0.2) is 0 Å². The van der Waals surface area contributed by atoms with Crippen LogP contribution in [-0.2, 0) is 11.2 Å². The van der Waals surface area contributed by atoms with Gasteiger partial charge in [0, 0.05) is 46.4 Å². The molecule has 11 nitrogen and oxygen atoms in total. The lowest BCUT2D eigenvalue weighted by Gasteiger charge is -2.15. The number of imidazole rings is 1. The summed E-state index contributed by atoms with van der Waals surface area (Å²) in [6, 6.07) is 16.5. The molecule has 0 unspecified atom stereocenters. The number of hydrogen-bond donors (Lipinski definition) is 1. The monoisotopic (exact) mass is 552 g/mol. The lowest BCUT2D eigenvalue weighted by atomic mass is 10.0. The molecule has 0 radical (unpaired) electrons. The molecule has 1 aliphatic rings. The summed E-state index contributed by atoms with van der Waals surface area (Å²) in [6.45, 7) is 1.37. The van der Waals surface area contributed by atoms with Crippen LogP contribution in [0.2, 0.25) is 5.02 Å². The topological polar surface area (TPSA) is 126 Å². The van der Waals surface area contributed by atoms with Gasteiger partial charge in [-0.15, -0.1) is 5.10 Å². The number of H-pyrrole nitrogens is 1. The number of aromatic amines is 1. The van der Waals surface area contributed by atoms with E-state index >= 15 is 0 Å². The molecular formula is C28H21ClN8O3. The van der Waals surface area contributed by atoms with Crippen LogP contribution in [-0.4, -0.2) is 45.4 Å². The number of carbonyl (C=O) groups excluding carboxylic acids is 1. The summed E-state index contributed by atoms with van der Waals surface area (Å²) in [5.41, 5.74) is 5.59. The minimum absolute atomic E-state index is 0.121. The molecular weight excluding hydrogens is 532 g/mol. The van der Waals surface area contributed by atoms with Crippen molar-refractivity contribution in [1.29, 1.82) is 0 Å². The maximum atomic E-state index is 13.5. The molecule has 1 aliphatic heterocycles. The van der Waals surface area contributed by atoms with Crippen molar-refractivity contribution in [1.82, 2.24) is 39.5 Å². The number of nitrogens with zero attached hydrogens (tertiary/aromatic N) is 7. The van der Waals surface area contributed by atoms with Crippen LogP contribution in [0.15, 0.2) is 78.1 Å². The van der Waals surface area contributed by atoms with Crippen LogP contribution < -0.4 is 10.4 Å². The smallest absolute Gasteiger partial charge is 0.329 e. The van der Waals surface area contributed by atoms with E-state index in [4.69, 9.17) is 16.4 Å². The summed E-state index contributed by atoms with van der Waals surface area (Å²) in [4.78, 5) is 38.1. The summed E-state index contributed by atoms with van der Waals surface area (Å²) >= 11 is 6.32. The highest BCUT2D eigenvalue weighted by Crippen LogP contribution is 2.34. The number of nitrogens with one attached hydrogen (secondary N) is 1. The number of benzene rings is 2. The molecule has 198 valence electrons. The van der Waals surface area contributed by atoms with E-state index in [0.717, 1.165) is 63.3 Å². The summed E-state index contributed by atoms with van der Waals surface area (Å²) in [5.74, 6) is 0.331. The van der Waals surface area contributed by atoms with Gasteiger partial charge in [-0.25, -0.2) is 9.78 Å². The van der Waals surface area contributed by atoms with Gasteiger partial charge in [0.05, 0.1) is 29.1 Å². The zero-order valence-electron chi connectivity index (χ0n) is 21.2. The molecule has 5 heterocycles. The third-order valence-corrected chi connectivity index (χ3v) is 7.34. The van der Waals surface area contributed by atoms with Crippen LogP contribution in [0.4, 0.5) is 0 Å². The fourth-order valence-corrected chi connectivity index (χ4v) is 5.55. The van der Waals surface area contributed by atoms with E-state index in [1.54, 1.807) is 33.8 Å². The van der Waals surface area contributed by atoms with E-state index in [1.165, 1.54) is 18.0 Å². The fraction of sp³-hybridized carbons (Fsp3) is 0.143. The van der Waals surface area contributed by atoms with Crippen LogP contribution >= 0.6 is 11.6 Å². The molecule has 12 heteroatoms. The minimum atomic E-state index is -0.389. The predicted molar refractivity (Wildman–Crippen MR) is 147 cm³/mol. The first kappa shape index (κ1) is 24.0. The molecule has 40 heavy (non-hydrogen) atoms. The van der Waals surface area contributed by atoms with Gasteiger partial charge in [-0.05, 0) is 71.3 Å². The van der Waals surface area contributed by atoms with Gasteiger partial charge in [0.1, 0.15) is 12.2 Å². The van der Waals surface area contributed by atoms with Crippen molar-refractivity contribution in [2.45, 2.75) is 25.8 Å². The Morgan fingerprint density at radius 3 is 2.83 bits per heavy atom. The van der Waals surface area contributed by atoms with Crippen molar-refractivity contribution in [3.05, 3.63) is 100 Å². The average Bonchev–Trinajstić information content (AvgIpc) is 3.75. The number of halogens is 1. The lowest BCUT2D eigenvalue weighted by molar-refractivity contribution is -0.140. The first-order chi connectivity index (χ1) is 19.4. The van der Waals surface area contributed by atoms with Crippen molar-refractivity contribution in [3.63, 3.8) is 0 Å². The molecule has 6 aromatic rings. The van der Waals surface area contributed by atoms with Crippen molar-refractivity contribution < 1.29 is 9.63 Å². The molecule has 0 spiro atoms. The summed E-state index contributed by atoms with van der Waals surface area (Å²) in [6.07, 6.45) is 6.46. The second-order valence-electron chi connectivity index (χ2n) is 9.59. The maximum Gasteiger partial charge on any atom is 0.329 e. The van der Waals surface area contributed by atoms with Crippen molar-refractivity contribution >= 4 is 28.5 Å². The Bertz CT molecular complexity index is 1970. The molecule has 0 saturated heterocycles. The minimum Gasteiger partial charge on any atom is -0.340 e. The number of tetrazole rings is 1. The third kappa shape index (κ3) is 4.07. The van der Waals surface area contributed by atoms with E-state index in [1.807, 2.05) is 42.5 Å². The van der Waals surface area contributed by atoms with E-state index in [-0.39, 0.29) is 17.6 Å². The van der Waals surface area contributed by atoms with E-state index in [9.17, 15) is 9.59 Å². The van der Waals surface area contributed by atoms with Gasteiger partial charge in [0.2, 0.25) is 0 Å². The van der Waals surface area contributed by atoms with Gasteiger partial charge in [-0.3, -0.25) is 4.79 Å². The molecule has 2 aromatic carbocycles. The Balaban J connectivity index is 1.21. The number of fused-ring (bicyclic) bond motifs is 2. The third-order valence-electron chi connectivity index (χ3n) is 7.10. The van der Waals surface area contributed by atoms with E-state index in [2.05, 4.69) is 25.5 Å². The molecule has 4 aromatic heterocycles. The van der Waals surface area contributed by atoms with Crippen LogP contribution in [0.1, 0.15) is 30.9 Å². The zero-order chi connectivity index (χ0) is 27.4. The molecule has 7 rings (SSSR count). The Labute approximate surface area is 231 Å². The van der Waals surface area contributed by atoms with E-state index in [0.29, 0.717) is 5.02 Å². The molecule has 0 fully saturated rings. The van der Waals surface area contributed by atoms with Gasteiger partial charge in [-0.2, -0.15) is 9.41 Å². The van der Waals surface area contributed by atoms with Crippen LogP contribution in [0.5, 0.6) is 0 Å². The van der Waals surface area contributed by atoms with Crippen LogP contribution in [0, 0.1) is 0 Å². The predicted octanol–water partition coefficient (Wildman–Crippen LogP) is 4.00. The Morgan fingerprint density at radius 2 is 2.00 bits per heavy atom. The molecule has 0 saturated carbocycles. The quantitative estimate of drug-likeness (QED) is 0.342. The summed E-state index contributed by atoms with van der Waals surface area (Å²) in [5, 5.41) is 12.9. The molecule has 0 aliphatic carbocycles. The average molecular weight is 553 g/mol. The maximum absolute atomic E-state index is 13.5. The number of rotatable bonds is 5. The van der Waals surface area contributed by atoms with Crippen molar-refractivity contribution in [3.8, 4) is 28.1 Å². The SMILES string of the molecule is CC(=O)On1ccc2cc(-c3cnc([C@@H]4CCc5cc(-c6cc(Cl)ccc6-n6cnnn6)cc(=O)n54)[nH]3)ccc21. The fourth-order valence-electron chi connectivity index (χ4n) is 5.38. The number of aromatic nitrogens is 8. The first-order valence-electron chi connectivity index (χ1n) is 12.6. The molecule has 0 bridgehead atoms. The van der Waals surface area contributed by atoms with Gasteiger partial charge in [-0.1, -0.05) is 17.7 Å². The Kier molecular flexibility index (Phi) is 5.60. The van der Waals surface area contributed by atoms with E-state index < -0.39 is 0 Å². The zero-order valence-corrected chi connectivity index (χ0v) is 21.9. The van der Waals surface area contributed by atoms with Crippen molar-refractivity contribution in [2.75, 3.05) is 0 Å². The molecule has 0 amide bonds. The second-order valence-corrected chi connectivity index (χ2v) is 10.0. The van der Waals surface area contributed by atoms with Crippen LogP contribution in [0.3, 0.4) is 0 Å². The Hall–Kier alpha value is -5.03. The number of carbonyl (C=O) groups is 1. The molecule has 1 N–H and O–H groups in total. The Morgan fingerprint density at radius 1 is 1.10 bits per heavy atom. The number of aryl methyl sites for hydroxylation is 1.